The van der Waals surface area contributed by atoms with Gasteiger partial charge in [-0.25, -0.2) is 0 Å². The van der Waals surface area contributed by atoms with E-state index in [1.165, 1.54) is 38.5 Å². The van der Waals surface area contributed by atoms with Gasteiger partial charge in [-0.05, 0) is 118 Å². The van der Waals surface area contributed by atoms with Gasteiger partial charge in [0.15, 0.2) is 0 Å². The maximum absolute atomic E-state index is 12.9. The minimum Gasteiger partial charge on any atom is -0.357 e. The first-order valence-corrected chi connectivity index (χ1v) is 19.1. The normalized spacial score (nSPS) is 45.7. The van der Waals surface area contributed by atoms with E-state index >= 15 is 0 Å². The van der Waals surface area contributed by atoms with Crippen LogP contribution in [0.2, 0.25) is 0 Å². The van der Waals surface area contributed by atoms with Crippen molar-refractivity contribution in [3.8, 4) is 0 Å². The van der Waals surface area contributed by atoms with Crippen LogP contribution < -0.4 is 16.0 Å². The smallest absolute Gasteiger partial charge is 0.229 e. The number of carbonyl (C=O) groups excluding carboxylic acids is 2. The Morgan fingerprint density at radius 1 is 1.02 bits per heavy atom. The van der Waals surface area contributed by atoms with Crippen LogP contribution in [0, 0.1) is 46.3 Å². The Hall–Kier alpha value is -1.48. The highest BCUT2D eigenvalue weighted by Crippen LogP contribution is 2.70. The molecular formula is C38H63N5O3. The Morgan fingerprint density at radius 3 is 2.59 bits per heavy atom. The fourth-order valence-corrected chi connectivity index (χ4v) is 12.1. The van der Waals surface area contributed by atoms with Crippen LogP contribution in [0.1, 0.15) is 98.3 Å². The molecule has 46 heavy (non-hydrogen) atoms. The third-order valence-electron chi connectivity index (χ3n) is 14.8. The lowest BCUT2D eigenvalue weighted by molar-refractivity contribution is -0.129. The Balaban J connectivity index is 0.905. The van der Waals surface area contributed by atoms with Gasteiger partial charge in [-0.3, -0.25) is 14.9 Å². The van der Waals surface area contributed by atoms with E-state index in [9.17, 15) is 9.59 Å². The molecule has 0 aromatic carbocycles. The zero-order chi connectivity index (χ0) is 32.3. The number of likely N-dealkylation sites (N-methyl/N-ethyl adjacent to an activating group) is 1. The molecule has 3 saturated heterocycles. The van der Waals surface area contributed by atoms with Gasteiger partial charge in [-0.15, -0.1) is 0 Å². The van der Waals surface area contributed by atoms with Gasteiger partial charge in [0.2, 0.25) is 11.8 Å². The summed E-state index contributed by atoms with van der Waals surface area (Å²) in [6, 6.07) is 0.143. The lowest BCUT2D eigenvalue weighted by atomic mass is 9.46. The summed E-state index contributed by atoms with van der Waals surface area (Å²) in [6.45, 7) is 17.2. The summed E-state index contributed by atoms with van der Waals surface area (Å²) < 4.78 is 7.08. The average molecular weight is 638 g/mol. The minimum absolute atomic E-state index is 0.0645. The molecule has 0 bridgehead atoms. The van der Waals surface area contributed by atoms with Crippen LogP contribution in [0.5, 0.6) is 0 Å². The fraction of sp³-hybridized carbons (Fsp3) is 0.895. The second-order valence-electron chi connectivity index (χ2n) is 17.5. The SMILES string of the molecule is C[C@@H]1CC[C@@]2(NC1)O[C@H]1C[C@H]3C4CC=C5CC(NC(=O)CC(=O)NCCCN6CCN(C)CC6)CC[C@]5(C)[C@H]4CC[C@]3(C)[C@H]1[C@@H]2C. The molecule has 0 aromatic heterocycles. The molecule has 0 aromatic rings. The summed E-state index contributed by atoms with van der Waals surface area (Å²) >= 11 is 0. The quantitative estimate of drug-likeness (QED) is 0.216. The standard InChI is InChI=1S/C38H63N5O3/c1-25-9-14-38(40-24-25)26(2)35-32(46-38)22-31-29-8-7-27-21-28(10-12-36(27,3)30(29)11-13-37(31,35)4)41-34(45)23-33(44)39-15-6-16-43-19-17-42(5)18-20-43/h7,25-26,28-32,35,40H,6,8-24H2,1-5H3,(H,39,44)(H,41,45)/t25-,26+,28?,29?,30+,31+,32+,35+,36+,37+,38-/m1/s1. The summed E-state index contributed by atoms with van der Waals surface area (Å²) in [5.74, 6) is 3.93. The zero-order valence-corrected chi connectivity index (χ0v) is 29.5. The van der Waals surface area contributed by atoms with E-state index in [-0.39, 0.29) is 35.4 Å². The summed E-state index contributed by atoms with van der Waals surface area (Å²) in [7, 11) is 2.17. The highest BCUT2D eigenvalue weighted by Gasteiger charge is 2.68. The van der Waals surface area contributed by atoms with Gasteiger partial charge in [-0.2, -0.15) is 0 Å². The topological polar surface area (TPSA) is 85.9 Å². The first-order chi connectivity index (χ1) is 22.0. The van der Waals surface area contributed by atoms with Crippen molar-refractivity contribution in [2.75, 3.05) is 52.9 Å². The van der Waals surface area contributed by atoms with Crippen LogP contribution >= 0.6 is 0 Å². The van der Waals surface area contributed by atoms with E-state index in [2.05, 4.69) is 66.6 Å². The van der Waals surface area contributed by atoms with Gasteiger partial charge in [0.05, 0.1) is 6.10 Å². The molecule has 8 nitrogen and oxygen atoms in total. The fourth-order valence-electron chi connectivity index (χ4n) is 12.1. The summed E-state index contributed by atoms with van der Waals surface area (Å²) in [5, 5.41) is 10.1. The molecule has 8 heteroatoms. The monoisotopic (exact) mass is 637 g/mol. The van der Waals surface area contributed by atoms with E-state index in [1.54, 1.807) is 5.57 Å². The third-order valence-corrected chi connectivity index (χ3v) is 14.8. The number of rotatable bonds is 7. The van der Waals surface area contributed by atoms with Crippen LogP contribution in [-0.2, 0) is 14.3 Å². The zero-order valence-electron chi connectivity index (χ0n) is 29.5. The molecule has 0 radical (unpaired) electrons. The van der Waals surface area contributed by atoms with Crippen molar-refractivity contribution >= 4 is 11.8 Å². The average Bonchev–Trinajstić information content (AvgIpc) is 3.47. The van der Waals surface area contributed by atoms with Crippen LogP contribution in [0.3, 0.4) is 0 Å². The molecule has 3 aliphatic heterocycles. The number of hydrogen-bond acceptors (Lipinski definition) is 6. The minimum atomic E-state index is -0.152. The van der Waals surface area contributed by atoms with E-state index < -0.39 is 0 Å². The van der Waals surface area contributed by atoms with Crippen molar-refractivity contribution in [2.24, 2.45) is 46.3 Å². The number of fused-ring (bicyclic) bond motifs is 7. The molecule has 1 spiro atoms. The van der Waals surface area contributed by atoms with Crippen molar-refractivity contribution < 1.29 is 14.3 Å². The highest BCUT2D eigenvalue weighted by atomic mass is 16.5. The Labute approximate surface area is 278 Å². The summed E-state index contributed by atoms with van der Waals surface area (Å²) in [5.41, 5.74) is 2.09. The van der Waals surface area contributed by atoms with Gasteiger partial charge in [0.25, 0.3) is 0 Å². The maximum Gasteiger partial charge on any atom is 0.229 e. The lowest BCUT2D eigenvalue weighted by Crippen LogP contribution is -2.57. The van der Waals surface area contributed by atoms with Gasteiger partial charge in [-0.1, -0.05) is 39.3 Å². The molecule has 3 N–H and O–H groups in total. The van der Waals surface area contributed by atoms with E-state index in [0.29, 0.717) is 29.9 Å². The second-order valence-corrected chi connectivity index (χ2v) is 17.5. The van der Waals surface area contributed by atoms with Crippen LogP contribution in [-0.4, -0.2) is 92.3 Å². The molecule has 7 aliphatic rings. The van der Waals surface area contributed by atoms with Gasteiger partial charge in [0.1, 0.15) is 12.1 Å². The van der Waals surface area contributed by atoms with Crippen molar-refractivity contribution in [2.45, 2.75) is 116 Å². The molecule has 4 aliphatic carbocycles. The molecule has 11 atom stereocenters. The largest absolute Gasteiger partial charge is 0.357 e. The van der Waals surface area contributed by atoms with Crippen LogP contribution in [0.4, 0.5) is 0 Å². The molecular weight excluding hydrogens is 574 g/mol. The first kappa shape index (κ1) is 33.0. The number of amides is 2. The Bertz CT molecular complexity index is 1170. The van der Waals surface area contributed by atoms with Gasteiger partial charge < -0.3 is 25.2 Å². The lowest BCUT2D eigenvalue weighted by Gasteiger charge is -2.58. The van der Waals surface area contributed by atoms with Crippen molar-refractivity contribution in [3.05, 3.63) is 11.6 Å². The molecule has 6 fully saturated rings. The third kappa shape index (κ3) is 5.89. The molecule has 3 saturated carbocycles. The molecule has 2 unspecified atom stereocenters. The van der Waals surface area contributed by atoms with Gasteiger partial charge >= 0.3 is 0 Å². The van der Waals surface area contributed by atoms with E-state index in [4.69, 9.17) is 4.74 Å². The highest BCUT2D eigenvalue weighted by molar-refractivity contribution is 5.96. The molecule has 2 amide bonds. The summed E-state index contributed by atoms with van der Waals surface area (Å²) in [4.78, 5) is 30.2. The van der Waals surface area contributed by atoms with Crippen LogP contribution in [0.15, 0.2) is 11.6 Å². The molecule has 258 valence electrons. The van der Waals surface area contributed by atoms with Gasteiger partial charge in [0, 0.05) is 51.2 Å². The number of piperazine rings is 1. The maximum atomic E-state index is 12.9. The predicted molar refractivity (Wildman–Crippen MR) is 182 cm³/mol. The number of nitrogens with one attached hydrogen (secondary N) is 3. The Morgan fingerprint density at radius 2 is 1.83 bits per heavy atom. The van der Waals surface area contributed by atoms with Crippen molar-refractivity contribution in [1.29, 1.82) is 0 Å². The first-order valence-electron chi connectivity index (χ1n) is 19.1. The summed E-state index contributed by atoms with van der Waals surface area (Å²) in [6.07, 6.45) is 14.5. The predicted octanol–water partition coefficient (Wildman–Crippen LogP) is 4.55. The number of ether oxygens (including phenoxy) is 1. The number of nitrogens with zero attached hydrogens (tertiary/aromatic N) is 2. The number of piperidine rings is 1. The van der Waals surface area contributed by atoms with Crippen LogP contribution in [0.25, 0.3) is 0 Å². The van der Waals surface area contributed by atoms with Crippen molar-refractivity contribution in [1.82, 2.24) is 25.8 Å². The Kier molecular flexibility index (Phi) is 9.17. The molecule has 3 heterocycles. The van der Waals surface area contributed by atoms with E-state index in [0.717, 1.165) is 88.6 Å². The second kappa shape index (κ2) is 12.8. The number of hydrogen-bond donors (Lipinski definition) is 3. The van der Waals surface area contributed by atoms with Crippen molar-refractivity contribution in [3.63, 3.8) is 0 Å². The number of allylic oxidation sites excluding steroid dienone is 1. The molecule has 7 rings (SSSR count). The number of carbonyl (C=O) groups is 2. The van der Waals surface area contributed by atoms with E-state index in [1.807, 2.05) is 0 Å².